The quantitative estimate of drug-likeness (QED) is 0.850. The Hall–Kier alpha value is -0.810. The van der Waals surface area contributed by atoms with Gasteiger partial charge in [-0.3, -0.25) is 9.69 Å². The second-order valence-electron chi connectivity index (χ2n) is 7.09. The van der Waals surface area contributed by atoms with E-state index in [0.717, 1.165) is 25.1 Å². The van der Waals surface area contributed by atoms with Crippen LogP contribution in [0.25, 0.3) is 0 Å². The van der Waals surface area contributed by atoms with Crippen molar-refractivity contribution in [1.29, 1.82) is 0 Å². The molecule has 138 valence electrons. The third kappa shape index (κ3) is 4.68. The summed E-state index contributed by atoms with van der Waals surface area (Å²) in [5, 5.41) is 4.41. The Bertz CT molecular complexity index is 605. The highest BCUT2D eigenvalue weighted by Crippen LogP contribution is 2.32. The van der Waals surface area contributed by atoms with E-state index in [2.05, 4.69) is 17.1 Å². The van der Waals surface area contributed by atoms with Crippen molar-refractivity contribution in [3.63, 3.8) is 0 Å². The molecule has 4 nitrogen and oxygen atoms in total. The van der Waals surface area contributed by atoms with Crippen molar-refractivity contribution in [2.75, 3.05) is 26.3 Å². The highest BCUT2D eigenvalue weighted by Gasteiger charge is 2.33. The second kappa shape index (κ2) is 8.72. The number of nitrogens with zero attached hydrogens (tertiary/aromatic N) is 1. The van der Waals surface area contributed by atoms with E-state index in [-0.39, 0.29) is 11.9 Å². The first-order valence-corrected chi connectivity index (χ1v) is 9.89. The molecule has 1 N–H and O–H groups in total. The highest BCUT2D eigenvalue weighted by atomic mass is 35.5. The molecule has 1 heterocycles. The monoisotopic (exact) mass is 384 g/mol. The average molecular weight is 385 g/mol. The van der Waals surface area contributed by atoms with E-state index in [0.29, 0.717) is 29.2 Å². The summed E-state index contributed by atoms with van der Waals surface area (Å²) in [6, 6.07) is 5.22. The van der Waals surface area contributed by atoms with Crippen molar-refractivity contribution in [2.45, 2.75) is 44.7 Å². The first kappa shape index (κ1) is 19.0. The molecule has 6 heteroatoms. The SMILES string of the molecule is C[C@@H]1CCCC[C@H]1NC(=O)[C@H](c1ccc(Cl)cc1Cl)N1CCOCC1. The Balaban J connectivity index is 1.83. The number of nitrogens with one attached hydrogen (secondary N) is 1. The minimum Gasteiger partial charge on any atom is -0.379 e. The number of morpholine rings is 1. The number of ether oxygens (including phenoxy) is 1. The average Bonchev–Trinajstić information content (AvgIpc) is 2.60. The minimum atomic E-state index is -0.400. The number of benzene rings is 1. The molecule has 2 aliphatic rings. The Kier molecular flexibility index (Phi) is 6.61. The number of halogens is 2. The second-order valence-corrected chi connectivity index (χ2v) is 7.94. The lowest BCUT2D eigenvalue weighted by molar-refractivity contribution is -0.129. The van der Waals surface area contributed by atoms with E-state index in [1.807, 2.05) is 6.07 Å². The summed E-state index contributed by atoms with van der Waals surface area (Å²) in [5.74, 6) is 0.550. The van der Waals surface area contributed by atoms with Crippen LogP contribution < -0.4 is 5.32 Å². The van der Waals surface area contributed by atoms with E-state index in [4.69, 9.17) is 27.9 Å². The lowest BCUT2D eigenvalue weighted by atomic mass is 9.85. The maximum atomic E-state index is 13.2. The third-order valence-corrected chi connectivity index (χ3v) is 5.92. The molecule has 1 amide bonds. The van der Waals surface area contributed by atoms with Crippen LogP contribution in [0.3, 0.4) is 0 Å². The van der Waals surface area contributed by atoms with Crippen LogP contribution in [-0.2, 0) is 9.53 Å². The van der Waals surface area contributed by atoms with Crippen LogP contribution in [0.2, 0.25) is 10.0 Å². The van der Waals surface area contributed by atoms with Crippen LogP contribution in [0.15, 0.2) is 18.2 Å². The van der Waals surface area contributed by atoms with Gasteiger partial charge in [0.05, 0.1) is 13.2 Å². The molecule has 1 saturated carbocycles. The Morgan fingerprint density at radius 2 is 1.96 bits per heavy atom. The number of carbonyl (C=O) groups excluding carboxylic acids is 1. The van der Waals surface area contributed by atoms with Gasteiger partial charge in [0, 0.05) is 29.2 Å². The Morgan fingerprint density at radius 1 is 1.24 bits per heavy atom. The van der Waals surface area contributed by atoms with Gasteiger partial charge in [-0.15, -0.1) is 0 Å². The predicted octanol–water partition coefficient (Wildman–Crippen LogP) is 4.06. The van der Waals surface area contributed by atoms with Gasteiger partial charge in [0.1, 0.15) is 6.04 Å². The fraction of sp³-hybridized carbons (Fsp3) is 0.632. The largest absolute Gasteiger partial charge is 0.379 e. The van der Waals surface area contributed by atoms with Crippen LogP contribution in [0.4, 0.5) is 0 Å². The number of carbonyl (C=O) groups is 1. The van der Waals surface area contributed by atoms with Gasteiger partial charge in [-0.1, -0.05) is 49.0 Å². The molecule has 1 saturated heterocycles. The lowest BCUT2D eigenvalue weighted by Crippen LogP contribution is -2.49. The molecule has 0 spiro atoms. The van der Waals surface area contributed by atoms with Crippen LogP contribution in [0, 0.1) is 5.92 Å². The van der Waals surface area contributed by atoms with Crippen LogP contribution >= 0.6 is 23.2 Å². The molecule has 3 atom stereocenters. The lowest BCUT2D eigenvalue weighted by Gasteiger charge is -2.36. The zero-order chi connectivity index (χ0) is 17.8. The van der Waals surface area contributed by atoms with Gasteiger partial charge < -0.3 is 10.1 Å². The highest BCUT2D eigenvalue weighted by molar-refractivity contribution is 6.35. The summed E-state index contributed by atoms with van der Waals surface area (Å²) in [6.45, 7) is 4.93. The van der Waals surface area contributed by atoms with Crippen molar-refractivity contribution in [3.8, 4) is 0 Å². The van der Waals surface area contributed by atoms with Crippen molar-refractivity contribution >= 4 is 29.1 Å². The molecule has 0 aromatic heterocycles. The summed E-state index contributed by atoms with van der Waals surface area (Å²) < 4.78 is 5.45. The smallest absolute Gasteiger partial charge is 0.242 e. The minimum absolute atomic E-state index is 0.0323. The molecule has 1 aliphatic heterocycles. The normalized spacial score (nSPS) is 26.2. The molecule has 1 aromatic rings. The van der Waals surface area contributed by atoms with Crippen LogP contribution in [0.1, 0.15) is 44.2 Å². The molecule has 0 radical (unpaired) electrons. The zero-order valence-corrected chi connectivity index (χ0v) is 16.2. The predicted molar refractivity (Wildman–Crippen MR) is 101 cm³/mol. The molecule has 1 aromatic carbocycles. The zero-order valence-electron chi connectivity index (χ0n) is 14.6. The number of rotatable bonds is 4. The summed E-state index contributed by atoms with van der Waals surface area (Å²) in [6.07, 6.45) is 4.66. The van der Waals surface area contributed by atoms with E-state index < -0.39 is 6.04 Å². The van der Waals surface area contributed by atoms with Crippen molar-refractivity contribution in [2.24, 2.45) is 5.92 Å². The molecule has 2 fully saturated rings. The van der Waals surface area contributed by atoms with Gasteiger partial charge in [-0.25, -0.2) is 0 Å². The van der Waals surface area contributed by atoms with Crippen molar-refractivity contribution in [3.05, 3.63) is 33.8 Å². The number of amides is 1. The molecule has 3 rings (SSSR count). The molecule has 1 aliphatic carbocycles. The van der Waals surface area contributed by atoms with Crippen LogP contribution in [0.5, 0.6) is 0 Å². The summed E-state index contributed by atoms with van der Waals surface area (Å²) in [7, 11) is 0. The maximum absolute atomic E-state index is 13.2. The van der Waals surface area contributed by atoms with E-state index in [1.54, 1.807) is 12.1 Å². The fourth-order valence-corrected chi connectivity index (χ4v) is 4.37. The van der Waals surface area contributed by atoms with Gasteiger partial charge in [0.2, 0.25) is 5.91 Å². The topological polar surface area (TPSA) is 41.6 Å². The Labute approximate surface area is 159 Å². The maximum Gasteiger partial charge on any atom is 0.242 e. The summed E-state index contributed by atoms with van der Waals surface area (Å²) in [5.41, 5.74) is 0.814. The Morgan fingerprint density at radius 3 is 2.64 bits per heavy atom. The molecule has 0 unspecified atom stereocenters. The third-order valence-electron chi connectivity index (χ3n) is 5.36. The molecular formula is C19H26Cl2N2O2. The van der Waals surface area contributed by atoms with E-state index in [1.165, 1.54) is 19.3 Å². The number of hydrogen-bond acceptors (Lipinski definition) is 3. The van der Waals surface area contributed by atoms with Gasteiger partial charge in [-0.05, 0) is 36.5 Å². The standard InChI is InChI=1S/C19H26Cl2N2O2/c1-13-4-2-3-5-17(13)22-19(24)18(23-8-10-25-11-9-23)15-7-6-14(20)12-16(15)21/h6-7,12-13,17-18H,2-5,8-11H2,1H3,(H,22,24)/t13-,17-,18+/m1/s1. The number of hydrogen-bond donors (Lipinski definition) is 1. The summed E-state index contributed by atoms with van der Waals surface area (Å²) in [4.78, 5) is 15.4. The van der Waals surface area contributed by atoms with Crippen molar-refractivity contribution in [1.82, 2.24) is 10.2 Å². The first-order valence-electron chi connectivity index (χ1n) is 9.13. The first-order chi connectivity index (χ1) is 12.1. The van der Waals surface area contributed by atoms with Gasteiger partial charge in [0.25, 0.3) is 0 Å². The van der Waals surface area contributed by atoms with Crippen LogP contribution in [-0.4, -0.2) is 43.2 Å². The molecular weight excluding hydrogens is 359 g/mol. The fourth-order valence-electron chi connectivity index (χ4n) is 3.86. The van der Waals surface area contributed by atoms with Gasteiger partial charge in [0.15, 0.2) is 0 Å². The van der Waals surface area contributed by atoms with Crippen molar-refractivity contribution < 1.29 is 9.53 Å². The van der Waals surface area contributed by atoms with E-state index >= 15 is 0 Å². The summed E-state index contributed by atoms with van der Waals surface area (Å²) >= 11 is 12.5. The van der Waals surface area contributed by atoms with Gasteiger partial charge in [-0.2, -0.15) is 0 Å². The van der Waals surface area contributed by atoms with Gasteiger partial charge >= 0.3 is 0 Å². The van der Waals surface area contributed by atoms with E-state index in [9.17, 15) is 4.79 Å². The molecule has 0 bridgehead atoms. The molecule has 25 heavy (non-hydrogen) atoms.